The van der Waals surface area contributed by atoms with Gasteiger partial charge in [0.2, 0.25) is 15.9 Å². The van der Waals surface area contributed by atoms with Gasteiger partial charge < -0.3 is 5.32 Å². The normalized spacial score (nSPS) is 16.0. The lowest BCUT2D eigenvalue weighted by Gasteiger charge is -2.33. The van der Waals surface area contributed by atoms with Crippen LogP contribution in [0.4, 0.5) is 9.39 Å². The zero-order valence-electron chi connectivity index (χ0n) is 14.3. The highest BCUT2D eigenvalue weighted by Crippen LogP contribution is 2.22. The van der Waals surface area contributed by atoms with Gasteiger partial charge in [-0.1, -0.05) is 0 Å². The van der Waals surface area contributed by atoms with E-state index in [0.29, 0.717) is 23.7 Å². The van der Waals surface area contributed by atoms with Crippen molar-refractivity contribution in [1.29, 1.82) is 5.26 Å². The second-order valence-electron chi connectivity index (χ2n) is 5.96. The van der Waals surface area contributed by atoms with E-state index in [-0.39, 0.29) is 30.4 Å². The van der Waals surface area contributed by atoms with Crippen LogP contribution in [-0.2, 0) is 14.8 Å². The van der Waals surface area contributed by atoms with Crippen LogP contribution in [0.25, 0.3) is 0 Å². The molecule has 0 saturated carbocycles. The Kier molecular flexibility index (Phi) is 5.86. The molecule has 1 N–H and O–H groups in total. The summed E-state index contributed by atoms with van der Waals surface area (Å²) in [7, 11) is -3.68. The molecule has 1 aliphatic heterocycles. The van der Waals surface area contributed by atoms with E-state index in [4.69, 9.17) is 5.26 Å². The molecule has 2 heterocycles. The van der Waals surface area contributed by atoms with Gasteiger partial charge in [0.05, 0.1) is 17.0 Å². The minimum Gasteiger partial charge on any atom is -0.315 e. The van der Waals surface area contributed by atoms with E-state index < -0.39 is 15.8 Å². The summed E-state index contributed by atoms with van der Waals surface area (Å²) < 4.78 is 39.5. The van der Waals surface area contributed by atoms with Crippen molar-refractivity contribution in [3.63, 3.8) is 0 Å². The highest BCUT2D eigenvalue weighted by molar-refractivity contribution is 7.89. The number of nitrogens with one attached hydrogen (secondary N) is 1. The summed E-state index contributed by atoms with van der Waals surface area (Å²) in [5.41, 5.74) is 0.420. The average molecular weight is 408 g/mol. The molecule has 1 saturated heterocycles. The van der Waals surface area contributed by atoms with Gasteiger partial charge in [-0.05, 0) is 35.7 Å². The molecule has 3 rings (SSSR count). The first-order valence-corrected chi connectivity index (χ1v) is 10.5. The first-order valence-electron chi connectivity index (χ1n) is 8.15. The van der Waals surface area contributed by atoms with Gasteiger partial charge in [-0.3, -0.25) is 9.69 Å². The van der Waals surface area contributed by atoms with Gasteiger partial charge >= 0.3 is 0 Å². The lowest BCUT2D eigenvalue weighted by Crippen LogP contribution is -2.50. The molecule has 0 unspecified atom stereocenters. The van der Waals surface area contributed by atoms with E-state index in [9.17, 15) is 17.6 Å². The van der Waals surface area contributed by atoms with Crippen LogP contribution in [0.3, 0.4) is 0 Å². The molecule has 0 aliphatic carbocycles. The Morgan fingerprint density at radius 2 is 1.85 bits per heavy atom. The fourth-order valence-electron chi connectivity index (χ4n) is 2.75. The van der Waals surface area contributed by atoms with Crippen LogP contribution in [0.1, 0.15) is 5.56 Å². The lowest BCUT2D eigenvalue weighted by atomic mass is 10.3. The van der Waals surface area contributed by atoms with Crippen molar-refractivity contribution >= 4 is 32.3 Å². The van der Waals surface area contributed by atoms with Crippen LogP contribution in [-0.4, -0.2) is 56.3 Å². The summed E-state index contributed by atoms with van der Waals surface area (Å²) in [6, 6.07) is 8.38. The quantitative estimate of drug-likeness (QED) is 0.813. The number of hydrogen-bond donors (Lipinski definition) is 1. The molecule has 27 heavy (non-hydrogen) atoms. The maximum Gasteiger partial charge on any atom is 0.243 e. The van der Waals surface area contributed by atoms with Crippen LogP contribution >= 0.6 is 11.3 Å². The van der Waals surface area contributed by atoms with Crippen molar-refractivity contribution in [2.45, 2.75) is 4.90 Å². The fourth-order valence-corrected chi connectivity index (χ4v) is 4.92. The summed E-state index contributed by atoms with van der Waals surface area (Å²) in [6.07, 6.45) is 0. The maximum atomic E-state index is 13.0. The summed E-state index contributed by atoms with van der Waals surface area (Å²) in [5, 5.41) is 13.9. The molecule has 2 aromatic rings. The van der Waals surface area contributed by atoms with Crippen LogP contribution in [0.15, 0.2) is 40.6 Å². The number of sulfonamides is 1. The Labute approximate surface area is 160 Å². The van der Waals surface area contributed by atoms with E-state index in [1.54, 1.807) is 11.4 Å². The highest BCUT2D eigenvalue weighted by Gasteiger charge is 2.29. The molecule has 1 amide bonds. The van der Waals surface area contributed by atoms with Crippen molar-refractivity contribution in [1.82, 2.24) is 9.21 Å². The van der Waals surface area contributed by atoms with Crippen LogP contribution in [0, 0.1) is 17.1 Å². The third-order valence-corrected chi connectivity index (χ3v) is 6.93. The predicted octanol–water partition coefficient (Wildman–Crippen LogP) is 1.70. The number of nitrogens with zero attached hydrogens (tertiary/aromatic N) is 3. The topological polar surface area (TPSA) is 93.5 Å². The monoisotopic (exact) mass is 408 g/mol. The number of thiophene rings is 1. The fraction of sp³-hybridized carbons (Fsp3) is 0.294. The second-order valence-corrected chi connectivity index (χ2v) is 8.81. The van der Waals surface area contributed by atoms with E-state index in [1.807, 2.05) is 11.0 Å². The smallest absolute Gasteiger partial charge is 0.243 e. The Morgan fingerprint density at radius 3 is 2.48 bits per heavy atom. The zero-order chi connectivity index (χ0) is 19.4. The minimum absolute atomic E-state index is 0.0526. The first kappa shape index (κ1) is 19.4. The van der Waals surface area contributed by atoms with Crippen molar-refractivity contribution in [2.24, 2.45) is 0 Å². The summed E-state index contributed by atoms with van der Waals surface area (Å²) in [5.74, 6) is -0.737. The van der Waals surface area contributed by atoms with Gasteiger partial charge in [0.15, 0.2) is 0 Å². The maximum absolute atomic E-state index is 13.0. The Bertz CT molecular complexity index is 959. The largest absolute Gasteiger partial charge is 0.315 e. The highest BCUT2D eigenvalue weighted by atomic mass is 32.2. The van der Waals surface area contributed by atoms with Crippen molar-refractivity contribution in [3.05, 3.63) is 47.1 Å². The molecule has 1 fully saturated rings. The van der Waals surface area contributed by atoms with Gasteiger partial charge in [0, 0.05) is 26.2 Å². The molecular formula is C17H17FN4O3S2. The first-order chi connectivity index (χ1) is 12.9. The molecular weight excluding hydrogens is 391 g/mol. The SMILES string of the molecule is N#Cc1ccsc1NC(=O)CN1CCN(S(=O)(=O)c2ccc(F)cc2)CC1. The Morgan fingerprint density at radius 1 is 1.19 bits per heavy atom. The minimum atomic E-state index is -3.68. The molecule has 1 aromatic heterocycles. The number of piperazine rings is 1. The van der Waals surface area contributed by atoms with Gasteiger partial charge in [0.25, 0.3) is 0 Å². The number of hydrogen-bond acceptors (Lipinski definition) is 6. The summed E-state index contributed by atoms with van der Waals surface area (Å²) >= 11 is 1.28. The lowest BCUT2D eigenvalue weighted by molar-refractivity contribution is -0.117. The molecule has 0 radical (unpaired) electrons. The second kappa shape index (κ2) is 8.14. The van der Waals surface area contributed by atoms with Gasteiger partial charge in [-0.25, -0.2) is 12.8 Å². The van der Waals surface area contributed by atoms with E-state index in [2.05, 4.69) is 5.32 Å². The molecule has 10 heteroatoms. The standard InChI is InChI=1S/C17H17FN4O3S2/c18-14-1-3-15(4-2-14)27(24,25)22-8-6-21(7-9-22)12-16(23)20-17-13(11-19)5-10-26-17/h1-5,10H,6-9,12H2,(H,20,23). The van der Waals surface area contributed by atoms with Gasteiger partial charge in [-0.2, -0.15) is 9.57 Å². The van der Waals surface area contributed by atoms with E-state index >= 15 is 0 Å². The van der Waals surface area contributed by atoms with Gasteiger partial charge in [0.1, 0.15) is 16.9 Å². The molecule has 1 aromatic carbocycles. The molecule has 0 spiro atoms. The molecule has 0 bridgehead atoms. The average Bonchev–Trinajstić information content (AvgIpc) is 3.09. The molecule has 0 atom stereocenters. The van der Waals surface area contributed by atoms with Crippen LogP contribution in [0.2, 0.25) is 0 Å². The van der Waals surface area contributed by atoms with Crippen LogP contribution < -0.4 is 5.32 Å². The van der Waals surface area contributed by atoms with E-state index in [0.717, 1.165) is 12.1 Å². The van der Waals surface area contributed by atoms with Crippen molar-refractivity contribution in [3.8, 4) is 6.07 Å². The Hall–Kier alpha value is -2.32. The number of benzene rings is 1. The number of halogens is 1. The zero-order valence-corrected chi connectivity index (χ0v) is 15.9. The molecule has 7 nitrogen and oxygen atoms in total. The number of nitriles is 1. The summed E-state index contributed by atoms with van der Waals surface area (Å²) in [4.78, 5) is 14.1. The van der Waals surface area contributed by atoms with Crippen molar-refractivity contribution < 1.29 is 17.6 Å². The third-order valence-electron chi connectivity index (χ3n) is 4.19. The number of rotatable bonds is 5. The summed E-state index contributed by atoms with van der Waals surface area (Å²) in [6.45, 7) is 1.42. The number of carbonyl (C=O) groups excluding carboxylic acids is 1. The molecule has 142 valence electrons. The number of anilines is 1. The number of carbonyl (C=O) groups is 1. The van der Waals surface area contributed by atoms with Crippen molar-refractivity contribution in [2.75, 3.05) is 38.0 Å². The number of amides is 1. The molecule has 1 aliphatic rings. The van der Waals surface area contributed by atoms with E-state index in [1.165, 1.54) is 27.8 Å². The van der Waals surface area contributed by atoms with Crippen LogP contribution in [0.5, 0.6) is 0 Å². The van der Waals surface area contributed by atoms with Gasteiger partial charge in [-0.15, -0.1) is 11.3 Å². The Balaban J connectivity index is 1.55. The predicted molar refractivity (Wildman–Crippen MR) is 99.3 cm³/mol. The third kappa shape index (κ3) is 4.51.